The van der Waals surface area contributed by atoms with Crippen molar-refractivity contribution < 1.29 is 0 Å². The SMILES string of the molecule is Cc1c(C)c([Si](C)(C)C)c([Si](Cl)(c2c([Si](C)(C)C)c(C)c(C)c([Si](C)(C)C)c2[Si](C)(C)C)c2c([Si](C)(C)C)c(C)c(C)c([Si](C)(C)C)c2[Si](C)(C)C)c([Si](C)(C)C)c1[Si](C)(C)C. The van der Waals surface area contributed by atoms with Gasteiger partial charge in [0.1, 0.15) is 0 Å². The van der Waals surface area contributed by atoms with Crippen LogP contribution >= 0.6 is 11.1 Å². The summed E-state index contributed by atoms with van der Waals surface area (Å²) in [5, 5.41) is 21.1. The molecule has 0 unspecified atom stereocenters. The Hall–Kier alpha value is 0.119. The number of rotatable bonds is 12. The fourth-order valence-corrected chi connectivity index (χ4v) is 55.4. The third-order valence-electron chi connectivity index (χ3n) is 14.0. The summed E-state index contributed by atoms with van der Waals surface area (Å²) in [6.07, 6.45) is 0. The van der Waals surface area contributed by atoms with Crippen molar-refractivity contribution in [3.63, 3.8) is 0 Å². The Labute approximate surface area is 401 Å². The molecule has 0 nitrogen and oxygen atoms in total. The maximum Gasteiger partial charge on any atom is 0.247 e. The van der Waals surface area contributed by atoms with Crippen molar-refractivity contribution in [3.8, 4) is 0 Å². The van der Waals surface area contributed by atoms with Crippen molar-refractivity contribution in [1.29, 1.82) is 0 Å². The molecule has 350 valence electrons. The van der Waals surface area contributed by atoms with Gasteiger partial charge in [-0.15, -0.1) is 11.1 Å². The molecule has 0 N–H and O–H groups in total. The van der Waals surface area contributed by atoms with E-state index in [4.69, 9.17) is 0 Å². The van der Waals surface area contributed by atoms with E-state index in [1.807, 2.05) is 0 Å². The van der Waals surface area contributed by atoms with Gasteiger partial charge in [-0.25, -0.2) is 0 Å². The first kappa shape index (κ1) is 56.4. The highest BCUT2D eigenvalue weighted by molar-refractivity contribution is 7.46. The first-order valence-corrected chi connectivity index (χ1v) is 58.7. The van der Waals surface area contributed by atoms with Gasteiger partial charge in [0, 0.05) is 0 Å². The average molecular weight is 1030 g/mol. The molecule has 0 radical (unpaired) electrons. The molecule has 0 aliphatic carbocycles. The van der Waals surface area contributed by atoms with Gasteiger partial charge in [0.05, 0.1) is 72.7 Å². The smallest absolute Gasteiger partial charge is 0.149 e. The molecule has 0 heterocycles. The van der Waals surface area contributed by atoms with Gasteiger partial charge >= 0.3 is 0 Å². The van der Waals surface area contributed by atoms with Gasteiger partial charge in [0.15, 0.2) is 0 Å². The molecule has 0 amide bonds. The Bertz CT molecular complexity index is 2000. The predicted molar refractivity (Wildman–Crippen MR) is 325 cm³/mol. The van der Waals surface area contributed by atoms with Crippen LogP contribution in [0.3, 0.4) is 0 Å². The predicted octanol–water partition coefficient (Wildman–Crippen LogP) is 9.65. The maximum absolute atomic E-state index is 10.3. The van der Waals surface area contributed by atoms with Crippen molar-refractivity contribution >= 4 is 153 Å². The van der Waals surface area contributed by atoms with Crippen LogP contribution in [-0.2, 0) is 0 Å². The monoisotopic (exact) mass is 1030 g/mol. The Kier molecular flexibility index (Phi) is 15.4. The van der Waals surface area contributed by atoms with Crippen molar-refractivity contribution in [3.05, 3.63) is 33.4 Å². The van der Waals surface area contributed by atoms with Crippen LogP contribution in [0.1, 0.15) is 33.4 Å². The van der Waals surface area contributed by atoms with Gasteiger partial charge in [-0.3, -0.25) is 0 Å². The number of halogens is 1. The summed E-state index contributed by atoms with van der Waals surface area (Å²) in [6, 6.07) is 0. The third kappa shape index (κ3) is 10.1. The molecule has 0 aliphatic heterocycles. The first-order chi connectivity index (χ1) is 26.9. The second-order valence-corrected chi connectivity index (χ2v) is 78.7. The average Bonchev–Trinajstić information content (AvgIpc) is 2.97. The quantitative estimate of drug-likeness (QED) is 0.0965. The number of hydrogen-bond acceptors (Lipinski definition) is 0. The minimum atomic E-state index is -3.55. The highest BCUT2D eigenvalue weighted by Crippen LogP contribution is 2.26. The van der Waals surface area contributed by atoms with E-state index in [0.29, 0.717) is 0 Å². The van der Waals surface area contributed by atoms with Crippen LogP contribution < -0.4 is 62.2 Å². The van der Waals surface area contributed by atoms with Gasteiger partial charge in [-0.05, 0) is 90.5 Å². The van der Waals surface area contributed by atoms with Crippen LogP contribution in [0.2, 0.25) is 177 Å². The Morgan fingerprint density at radius 3 is 0.371 bits per heavy atom. The van der Waals surface area contributed by atoms with E-state index < -0.39 is 80.0 Å². The van der Waals surface area contributed by atoms with E-state index >= 15 is 0 Å². The lowest BCUT2D eigenvalue weighted by molar-refractivity contribution is 1.37. The summed E-state index contributed by atoms with van der Waals surface area (Å²) in [6.45, 7) is 87.8. The molecule has 0 atom stereocenters. The summed E-state index contributed by atoms with van der Waals surface area (Å²) < 4.78 is 0. The highest BCUT2D eigenvalue weighted by atomic mass is 35.6. The van der Waals surface area contributed by atoms with E-state index in [0.717, 1.165) is 0 Å². The van der Waals surface area contributed by atoms with Crippen molar-refractivity contribution in [1.82, 2.24) is 0 Å². The molecule has 3 rings (SSSR count). The Morgan fingerprint density at radius 2 is 0.274 bits per heavy atom. The van der Waals surface area contributed by atoms with Crippen molar-refractivity contribution in [2.24, 2.45) is 0 Å². The number of hydrogen-bond donors (Lipinski definition) is 0. The van der Waals surface area contributed by atoms with Crippen LogP contribution in [0.4, 0.5) is 0 Å². The zero-order chi connectivity index (χ0) is 49.4. The minimum absolute atomic E-state index is 1.59. The topological polar surface area (TPSA) is 0 Å². The lowest BCUT2D eigenvalue weighted by atomic mass is 10.1. The molecular formula is C51H99ClSi10. The zero-order valence-electron chi connectivity index (χ0n) is 47.4. The molecule has 0 aliphatic rings. The molecule has 3 aromatic rings. The highest BCUT2D eigenvalue weighted by Gasteiger charge is 2.57. The molecule has 0 spiro atoms. The van der Waals surface area contributed by atoms with Crippen molar-refractivity contribution in [2.45, 2.75) is 218 Å². The van der Waals surface area contributed by atoms with Crippen LogP contribution in [0.15, 0.2) is 0 Å². The lowest BCUT2D eigenvalue weighted by Gasteiger charge is -2.50. The molecular weight excluding hydrogens is 929 g/mol. The van der Waals surface area contributed by atoms with E-state index in [-0.39, 0.29) is 0 Å². The molecule has 0 aromatic heterocycles. The number of benzene rings is 3. The molecule has 62 heavy (non-hydrogen) atoms. The summed E-state index contributed by atoms with van der Waals surface area (Å²) in [5.41, 5.74) is 9.59. The molecule has 0 bridgehead atoms. The summed E-state index contributed by atoms with van der Waals surface area (Å²) in [5.74, 6) is 0. The van der Waals surface area contributed by atoms with Gasteiger partial charge < -0.3 is 0 Å². The Morgan fingerprint density at radius 1 is 0.177 bits per heavy atom. The molecule has 0 saturated heterocycles. The standard InChI is InChI=1S/C51H99ClSi10/c1-34-37(4)43(56(16,17)18)49(46(59(25,26)27)40(34)53(7,8)9)62(52,50-44(57(19,20)21)38(5)35(2)41(54(10,11)12)47(50)60(28,29)30)51-45(58(22,23)24)39(6)36(3)42(55(13,14)15)48(51)61(31,32)33/h1-33H3. The fraction of sp³-hybridized carbons (Fsp3) is 0.647. The molecule has 3 aromatic carbocycles. The Balaban J connectivity index is 3.60. The van der Waals surface area contributed by atoms with E-state index in [1.165, 1.54) is 0 Å². The molecule has 0 saturated carbocycles. The van der Waals surface area contributed by atoms with Crippen molar-refractivity contribution in [2.75, 3.05) is 0 Å². The lowest BCUT2D eigenvalue weighted by Crippen LogP contribution is -2.90. The minimum Gasteiger partial charge on any atom is -0.149 e. The zero-order valence-corrected chi connectivity index (χ0v) is 58.1. The first-order valence-electron chi connectivity index (χ1n) is 24.2. The van der Waals surface area contributed by atoms with Crippen LogP contribution in [-0.4, -0.2) is 80.0 Å². The van der Waals surface area contributed by atoms with Gasteiger partial charge in [-0.1, -0.05) is 223 Å². The van der Waals surface area contributed by atoms with Crippen LogP contribution in [0, 0.1) is 41.5 Å². The second-order valence-electron chi connectivity index (χ2n) is 29.2. The normalized spacial score (nSPS) is 14.6. The van der Waals surface area contributed by atoms with E-state index in [9.17, 15) is 11.1 Å². The van der Waals surface area contributed by atoms with Crippen LogP contribution in [0.25, 0.3) is 0 Å². The summed E-state index contributed by atoms with van der Waals surface area (Å²) >= 11 is 10.3. The fourth-order valence-electron chi connectivity index (χ4n) is 12.3. The van der Waals surface area contributed by atoms with Gasteiger partial charge in [-0.2, -0.15) is 0 Å². The molecule has 11 heteroatoms. The summed E-state index contributed by atoms with van der Waals surface area (Å²) in [4.78, 5) is 0. The third-order valence-corrected chi connectivity index (χ3v) is 40.2. The largest absolute Gasteiger partial charge is 0.247 e. The maximum atomic E-state index is 10.3. The van der Waals surface area contributed by atoms with Gasteiger partial charge in [0.25, 0.3) is 0 Å². The van der Waals surface area contributed by atoms with E-state index in [2.05, 4.69) is 218 Å². The van der Waals surface area contributed by atoms with Crippen LogP contribution in [0.5, 0.6) is 0 Å². The molecule has 0 fully saturated rings. The summed E-state index contributed by atoms with van der Waals surface area (Å²) in [7, 11) is -21.8. The van der Waals surface area contributed by atoms with Gasteiger partial charge in [0.2, 0.25) is 7.38 Å². The van der Waals surface area contributed by atoms with E-state index in [1.54, 1.807) is 95.6 Å². The second kappa shape index (κ2) is 17.0.